The normalized spacial score (nSPS) is 11.1. The van der Waals surface area contributed by atoms with Crippen molar-refractivity contribution in [3.63, 3.8) is 0 Å². The summed E-state index contributed by atoms with van der Waals surface area (Å²) < 4.78 is 16.1. The summed E-state index contributed by atoms with van der Waals surface area (Å²) in [6.45, 7) is 10.6. The lowest BCUT2D eigenvalue weighted by Gasteiger charge is -2.30. The molecule has 0 bridgehead atoms. The van der Waals surface area contributed by atoms with Gasteiger partial charge in [-0.15, -0.1) is 0 Å². The van der Waals surface area contributed by atoms with Gasteiger partial charge in [-0.1, -0.05) is 0 Å². The van der Waals surface area contributed by atoms with Gasteiger partial charge in [0.2, 0.25) is 11.7 Å². The molecule has 8 nitrogen and oxygen atoms in total. The third kappa shape index (κ3) is 6.12. The van der Waals surface area contributed by atoms with E-state index in [1.54, 1.807) is 27.5 Å². The first-order valence-electron chi connectivity index (χ1n) is 9.79. The molecule has 29 heavy (non-hydrogen) atoms. The minimum atomic E-state index is 0.480. The minimum Gasteiger partial charge on any atom is -0.493 e. The number of benzene rings is 1. The Labute approximate surface area is 173 Å². The van der Waals surface area contributed by atoms with E-state index in [1.165, 1.54) is 0 Å². The third-order valence-electron chi connectivity index (χ3n) is 4.58. The molecule has 0 aliphatic heterocycles. The Hall–Kier alpha value is -2.74. The quantitative estimate of drug-likeness (QED) is 0.587. The van der Waals surface area contributed by atoms with Crippen molar-refractivity contribution in [2.24, 2.45) is 0 Å². The number of methoxy groups -OCH3 is 3. The smallest absolute Gasteiger partial charge is 0.229 e. The fourth-order valence-corrected chi connectivity index (χ4v) is 3.23. The van der Waals surface area contributed by atoms with Crippen molar-refractivity contribution < 1.29 is 14.2 Å². The van der Waals surface area contributed by atoms with Gasteiger partial charge in [-0.3, -0.25) is 4.90 Å². The predicted octanol–water partition coefficient (Wildman–Crippen LogP) is 3.78. The number of nitrogens with zero attached hydrogens (tertiary/aromatic N) is 3. The number of rotatable bonds is 11. The van der Waals surface area contributed by atoms with E-state index in [1.807, 2.05) is 18.2 Å². The van der Waals surface area contributed by atoms with E-state index in [9.17, 15) is 0 Å². The number of ether oxygens (including phenoxy) is 3. The highest BCUT2D eigenvalue weighted by molar-refractivity contribution is 5.66. The van der Waals surface area contributed by atoms with Crippen LogP contribution in [0.1, 0.15) is 27.7 Å². The van der Waals surface area contributed by atoms with E-state index < -0.39 is 0 Å². The van der Waals surface area contributed by atoms with Crippen LogP contribution in [0, 0.1) is 0 Å². The number of hydrogen-bond acceptors (Lipinski definition) is 8. The molecule has 2 rings (SSSR count). The zero-order valence-electron chi connectivity index (χ0n) is 18.4. The molecule has 8 heteroatoms. The fourth-order valence-electron chi connectivity index (χ4n) is 3.23. The summed E-state index contributed by atoms with van der Waals surface area (Å²) in [5, 5.41) is 6.56. The Bertz CT molecular complexity index is 750. The Kier molecular flexibility index (Phi) is 8.33. The summed E-state index contributed by atoms with van der Waals surface area (Å²) in [5.41, 5.74) is 0.738. The van der Waals surface area contributed by atoms with Gasteiger partial charge in [0.1, 0.15) is 5.82 Å². The van der Waals surface area contributed by atoms with Gasteiger partial charge in [0.25, 0.3) is 0 Å². The van der Waals surface area contributed by atoms with E-state index >= 15 is 0 Å². The van der Waals surface area contributed by atoms with Gasteiger partial charge >= 0.3 is 0 Å². The zero-order valence-corrected chi connectivity index (χ0v) is 18.4. The van der Waals surface area contributed by atoms with E-state index in [4.69, 9.17) is 14.2 Å². The molecular weight excluding hydrogens is 370 g/mol. The highest BCUT2D eigenvalue weighted by Crippen LogP contribution is 2.40. The number of aromatic nitrogens is 2. The van der Waals surface area contributed by atoms with Crippen molar-refractivity contribution in [1.82, 2.24) is 14.9 Å². The topological polar surface area (TPSA) is 80.8 Å². The van der Waals surface area contributed by atoms with Crippen LogP contribution in [0.3, 0.4) is 0 Å². The average Bonchev–Trinajstić information content (AvgIpc) is 2.70. The first-order chi connectivity index (χ1) is 13.9. The molecule has 0 unspecified atom stereocenters. The predicted molar refractivity (Wildman–Crippen MR) is 117 cm³/mol. The van der Waals surface area contributed by atoms with Crippen LogP contribution in [-0.4, -0.2) is 61.4 Å². The summed E-state index contributed by atoms with van der Waals surface area (Å²) in [7, 11) is 4.74. The van der Waals surface area contributed by atoms with Crippen molar-refractivity contribution >= 4 is 17.5 Å². The van der Waals surface area contributed by atoms with Crippen molar-refractivity contribution in [3.8, 4) is 17.2 Å². The molecule has 0 saturated heterocycles. The molecule has 0 radical (unpaired) electrons. The third-order valence-corrected chi connectivity index (χ3v) is 4.58. The molecule has 1 aromatic heterocycles. The number of nitrogens with one attached hydrogen (secondary N) is 2. The van der Waals surface area contributed by atoms with E-state index in [-0.39, 0.29) is 0 Å². The molecule has 0 saturated carbocycles. The summed E-state index contributed by atoms with van der Waals surface area (Å²) in [4.78, 5) is 11.3. The van der Waals surface area contributed by atoms with Gasteiger partial charge in [0.05, 0.1) is 21.3 Å². The molecule has 0 atom stereocenters. The van der Waals surface area contributed by atoms with Gasteiger partial charge in [-0.2, -0.15) is 4.98 Å². The van der Waals surface area contributed by atoms with Crippen LogP contribution in [0.15, 0.2) is 24.4 Å². The molecule has 2 N–H and O–H groups in total. The Morgan fingerprint density at radius 1 is 0.966 bits per heavy atom. The summed E-state index contributed by atoms with van der Waals surface area (Å²) in [6, 6.07) is 6.48. The van der Waals surface area contributed by atoms with Crippen LogP contribution in [0.5, 0.6) is 17.2 Å². The molecule has 160 valence electrons. The molecule has 0 amide bonds. The SMILES string of the molecule is COc1cc(Nc2nccc(NCCN(C(C)C)C(C)C)n2)cc(OC)c1OC. The van der Waals surface area contributed by atoms with Gasteiger partial charge < -0.3 is 24.8 Å². The molecule has 0 spiro atoms. The minimum absolute atomic E-state index is 0.480. The standard InChI is InChI=1S/C21H33N5O3/c1-14(2)26(15(3)4)11-10-22-19-8-9-23-21(25-19)24-16-12-17(27-5)20(29-7)18(13-16)28-6/h8-9,12-15H,10-11H2,1-7H3,(H2,22,23,24,25). The Balaban J connectivity index is 2.08. The summed E-state index contributed by atoms with van der Waals surface area (Å²) in [5.74, 6) is 2.91. The maximum absolute atomic E-state index is 5.39. The van der Waals surface area contributed by atoms with E-state index in [2.05, 4.69) is 53.2 Å². The number of anilines is 3. The van der Waals surface area contributed by atoms with Gasteiger partial charge in [0.15, 0.2) is 11.5 Å². The lowest BCUT2D eigenvalue weighted by molar-refractivity contribution is 0.182. The van der Waals surface area contributed by atoms with Crippen molar-refractivity contribution in [2.75, 3.05) is 45.1 Å². The lowest BCUT2D eigenvalue weighted by Crippen LogP contribution is -2.40. The molecular formula is C21H33N5O3. The van der Waals surface area contributed by atoms with Crippen LogP contribution in [-0.2, 0) is 0 Å². The van der Waals surface area contributed by atoms with Gasteiger partial charge in [-0.25, -0.2) is 4.98 Å². The Morgan fingerprint density at radius 3 is 2.10 bits per heavy atom. The maximum Gasteiger partial charge on any atom is 0.229 e. The van der Waals surface area contributed by atoms with Crippen molar-refractivity contribution in [3.05, 3.63) is 24.4 Å². The van der Waals surface area contributed by atoms with Gasteiger partial charge in [-0.05, 0) is 33.8 Å². The highest BCUT2D eigenvalue weighted by atomic mass is 16.5. The first-order valence-corrected chi connectivity index (χ1v) is 9.79. The largest absolute Gasteiger partial charge is 0.493 e. The molecule has 0 aliphatic rings. The summed E-state index contributed by atoms with van der Waals surface area (Å²) >= 11 is 0. The highest BCUT2D eigenvalue weighted by Gasteiger charge is 2.14. The maximum atomic E-state index is 5.39. The lowest BCUT2D eigenvalue weighted by atomic mass is 10.2. The molecule has 0 fully saturated rings. The second-order valence-electron chi connectivity index (χ2n) is 7.16. The fraction of sp³-hybridized carbons (Fsp3) is 0.524. The number of hydrogen-bond donors (Lipinski definition) is 2. The monoisotopic (exact) mass is 403 g/mol. The van der Waals surface area contributed by atoms with Crippen LogP contribution in [0.4, 0.5) is 17.5 Å². The van der Waals surface area contributed by atoms with Crippen LogP contribution >= 0.6 is 0 Å². The Morgan fingerprint density at radius 2 is 1.59 bits per heavy atom. The van der Waals surface area contributed by atoms with E-state index in [0.29, 0.717) is 35.3 Å². The van der Waals surface area contributed by atoms with E-state index in [0.717, 1.165) is 24.6 Å². The second-order valence-corrected chi connectivity index (χ2v) is 7.16. The van der Waals surface area contributed by atoms with Crippen LogP contribution < -0.4 is 24.8 Å². The molecule has 0 aliphatic carbocycles. The van der Waals surface area contributed by atoms with Crippen LogP contribution in [0.2, 0.25) is 0 Å². The molecule has 1 aromatic carbocycles. The summed E-state index contributed by atoms with van der Waals surface area (Å²) in [6.07, 6.45) is 1.72. The second kappa shape index (κ2) is 10.7. The average molecular weight is 404 g/mol. The molecule has 2 aromatic rings. The van der Waals surface area contributed by atoms with Crippen molar-refractivity contribution in [2.45, 2.75) is 39.8 Å². The zero-order chi connectivity index (χ0) is 21.4. The van der Waals surface area contributed by atoms with Crippen molar-refractivity contribution in [1.29, 1.82) is 0 Å². The van der Waals surface area contributed by atoms with Crippen LogP contribution in [0.25, 0.3) is 0 Å². The van der Waals surface area contributed by atoms with Gasteiger partial charge in [0, 0.05) is 49.2 Å². The first kappa shape index (κ1) is 22.5. The molecule has 1 heterocycles.